The molecule has 1 saturated carbocycles. The number of nitrogens with two attached hydrogens (primary N) is 1. The Morgan fingerprint density at radius 2 is 2.25 bits per heavy atom. The van der Waals surface area contributed by atoms with Crippen molar-refractivity contribution in [2.75, 3.05) is 13.7 Å². The van der Waals surface area contributed by atoms with E-state index in [1.165, 1.54) is 0 Å². The molecule has 2 unspecified atom stereocenters. The summed E-state index contributed by atoms with van der Waals surface area (Å²) < 4.78 is 5.32. The van der Waals surface area contributed by atoms with Gasteiger partial charge in [0.15, 0.2) is 0 Å². The topological polar surface area (TPSA) is 64.3 Å². The number of carbonyl (C=O) groups excluding carboxylic acids is 1. The number of methoxy groups -OCH3 is 1. The second kappa shape index (κ2) is 7.09. The van der Waals surface area contributed by atoms with E-state index in [0.717, 1.165) is 24.8 Å². The fraction of sp³-hybridized carbons (Fsp3) is 0.438. The van der Waals surface area contributed by atoms with Gasteiger partial charge in [-0.3, -0.25) is 4.79 Å². The van der Waals surface area contributed by atoms with Gasteiger partial charge in [0.25, 0.3) is 5.91 Å². The molecule has 1 aromatic carbocycles. The molecular formula is C16H20N2O2. The van der Waals surface area contributed by atoms with Gasteiger partial charge in [0.05, 0.1) is 18.2 Å². The predicted octanol–water partition coefficient (Wildman–Crippen LogP) is 1.29. The predicted molar refractivity (Wildman–Crippen MR) is 78.3 cm³/mol. The van der Waals surface area contributed by atoms with E-state index in [0.29, 0.717) is 5.56 Å². The molecule has 0 heterocycles. The van der Waals surface area contributed by atoms with E-state index in [4.69, 9.17) is 10.5 Å². The lowest BCUT2D eigenvalue weighted by molar-refractivity contribution is 0.0915. The van der Waals surface area contributed by atoms with Crippen LogP contribution in [0.25, 0.3) is 0 Å². The van der Waals surface area contributed by atoms with Crippen molar-refractivity contribution in [3.63, 3.8) is 0 Å². The zero-order valence-corrected chi connectivity index (χ0v) is 11.7. The van der Waals surface area contributed by atoms with Crippen molar-refractivity contribution in [1.29, 1.82) is 0 Å². The molecule has 4 heteroatoms. The summed E-state index contributed by atoms with van der Waals surface area (Å²) in [4.78, 5) is 12.3. The second-order valence-electron chi connectivity index (χ2n) is 4.89. The van der Waals surface area contributed by atoms with Crippen LogP contribution in [-0.4, -0.2) is 31.7 Å². The van der Waals surface area contributed by atoms with Crippen molar-refractivity contribution < 1.29 is 9.53 Å². The van der Waals surface area contributed by atoms with Crippen molar-refractivity contribution in [2.24, 2.45) is 5.73 Å². The van der Waals surface area contributed by atoms with E-state index in [1.807, 2.05) is 18.2 Å². The van der Waals surface area contributed by atoms with Gasteiger partial charge in [0.1, 0.15) is 0 Å². The maximum Gasteiger partial charge on any atom is 0.252 e. The summed E-state index contributed by atoms with van der Waals surface area (Å²) in [6.07, 6.45) is 3.09. The van der Waals surface area contributed by atoms with E-state index < -0.39 is 0 Å². The van der Waals surface area contributed by atoms with Gasteiger partial charge in [-0.05, 0) is 31.4 Å². The van der Waals surface area contributed by atoms with Gasteiger partial charge in [0.2, 0.25) is 0 Å². The maximum atomic E-state index is 12.3. The molecule has 1 aliphatic carbocycles. The normalized spacial score (nSPS) is 21.1. The molecule has 1 amide bonds. The van der Waals surface area contributed by atoms with Crippen LogP contribution in [-0.2, 0) is 4.74 Å². The summed E-state index contributed by atoms with van der Waals surface area (Å²) >= 11 is 0. The molecule has 106 valence electrons. The molecule has 0 spiro atoms. The monoisotopic (exact) mass is 272 g/mol. The maximum absolute atomic E-state index is 12.3. The smallest absolute Gasteiger partial charge is 0.252 e. The number of benzene rings is 1. The van der Waals surface area contributed by atoms with Gasteiger partial charge in [-0.15, -0.1) is 0 Å². The Kier molecular flexibility index (Phi) is 5.16. The first kappa shape index (κ1) is 14.6. The molecule has 0 aromatic heterocycles. The number of amides is 1. The molecule has 4 nitrogen and oxygen atoms in total. The van der Waals surface area contributed by atoms with Gasteiger partial charge in [0, 0.05) is 18.7 Å². The quantitative estimate of drug-likeness (QED) is 0.815. The van der Waals surface area contributed by atoms with Crippen molar-refractivity contribution in [2.45, 2.75) is 31.4 Å². The Labute approximate surface area is 119 Å². The third-order valence-corrected chi connectivity index (χ3v) is 3.55. The van der Waals surface area contributed by atoms with Crippen LogP contribution in [0.5, 0.6) is 0 Å². The van der Waals surface area contributed by atoms with Crippen molar-refractivity contribution in [3.05, 3.63) is 35.4 Å². The molecule has 20 heavy (non-hydrogen) atoms. The molecule has 0 bridgehead atoms. The largest absolute Gasteiger partial charge is 0.381 e. The highest BCUT2D eigenvalue weighted by Crippen LogP contribution is 2.22. The fourth-order valence-corrected chi connectivity index (χ4v) is 2.48. The highest BCUT2D eigenvalue weighted by molar-refractivity contribution is 5.96. The fourth-order valence-electron chi connectivity index (χ4n) is 2.48. The molecule has 3 N–H and O–H groups in total. The summed E-state index contributed by atoms with van der Waals surface area (Å²) in [7, 11) is 1.71. The molecule has 0 saturated heterocycles. The Bertz CT molecular complexity index is 531. The molecule has 1 fully saturated rings. The summed E-state index contributed by atoms with van der Waals surface area (Å²) in [5.41, 5.74) is 6.70. The van der Waals surface area contributed by atoms with Crippen LogP contribution in [0.1, 0.15) is 35.2 Å². The number of hydrogen-bond donors (Lipinski definition) is 2. The molecule has 2 atom stereocenters. The number of nitrogens with one attached hydrogen (secondary N) is 1. The van der Waals surface area contributed by atoms with Crippen LogP contribution in [0.4, 0.5) is 0 Å². The lowest BCUT2D eigenvalue weighted by Gasteiger charge is -2.13. The standard InChI is InChI=1S/C16H20N2O2/c1-20-14-9-8-13(11-14)18-16(19)15-7-3-2-5-12(15)6-4-10-17/h2-3,5,7,13-14H,8-11,17H2,1H3,(H,18,19). The summed E-state index contributed by atoms with van der Waals surface area (Å²) in [6, 6.07) is 7.52. The third-order valence-electron chi connectivity index (χ3n) is 3.55. The lowest BCUT2D eigenvalue weighted by atomic mass is 10.1. The van der Waals surface area contributed by atoms with Crippen molar-refractivity contribution in [3.8, 4) is 11.8 Å². The highest BCUT2D eigenvalue weighted by atomic mass is 16.5. The first-order valence-corrected chi connectivity index (χ1v) is 6.86. The van der Waals surface area contributed by atoms with Crippen LogP contribution in [0, 0.1) is 11.8 Å². The Balaban J connectivity index is 2.06. The molecule has 2 rings (SSSR count). The van der Waals surface area contributed by atoms with Gasteiger partial charge in [-0.2, -0.15) is 0 Å². The Morgan fingerprint density at radius 3 is 2.95 bits per heavy atom. The highest BCUT2D eigenvalue weighted by Gasteiger charge is 2.26. The first-order valence-electron chi connectivity index (χ1n) is 6.86. The van der Waals surface area contributed by atoms with Crippen LogP contribution < -0.4 is 11.1 Å². The van der Waals surface area contributed by atoms with E-state index in [1.54, 1.807) is 13.2 Å². The van der Waals surface area contributed by atoms with Gasteiger partial charge < -0.3 is 15.8 Å². The summed E-state index contributed by atoms with van der Waals surface area (Å²) in [5, 5.41) is 3.06. The molecule has 1 aliphatic rings. The van der Waals surface area contributed by atoms with E-state index in [9.17, 15) is 4.79 Å². The average Bonchev–Trinajstić information content (AvgIpc) is 2.93. The third kappa shape index (κ3) is 3.60. The number of hydrogen-bond acceptors (Lipinski definition) is 3. The zero-order valence-electron chi connectivity index (χ0n) is 11.7. The molecular weight excluding hydrogens is 252 g/mol. The second-order valence-corrected chi connectivity index (χ2v) is 4.89. The Morgan fingerprint density at radius 1 is 1.45 bits per heavy atom. The van der Waals surface area contributed by atoms with Crippen molar-refractivity contribution in [1.82, 2.24) is 5.32 Å². The van der Waals surface area contributed by atoms with Gasteiger partial charge in [-0.1, -0.05) is 24.0 Å². The van der Waals surface area contributed by atoms with Gasteiger partial charge >= 0.3 is 0 Å². The first-order chi connectivity index (χ1) is 9.74. The zero-order chi connectivity index (χ0) is 14.4. The Hall–Kier alpha value is -1.83. The molecule has 0 radical (unpaired) electrons. The summed E-state index contributed by atoms with van der Waals surface area (Å²) in [5.74, 6) is 5.65. The number of rotatable bonds is 3. The van der Waals surface area contributed by atoms with Crippen molar-refractivity contribution >= 4 is 5.91 Å². The SMILES string of the molecule is COC1CCC(NC(=O)c2ccccc2C#CCN)C1. The number of ether oxygens (including phenoxy) is 1. The minimum absolute atomic E-state index is 0.0753. The lowest BCUT2D eigenvalue weighted by Crippen LogP contribution is -2.33. The average molecular weight is 272 g/mol. The van der Waals surface area contributed by atoms with Crippen LogP contribution in [0.3, 0.4) is 0 Å². The minimum atomic E-state index is -0.0753. The molecule has 1 aromatic rings. The van der Waals surface area contributed by atoms with Crippen LogP contribution in [0.2, 0.25) is 0 Å². The van der Waals surface area contributed by atoms with Crippen LogP contribution >= 0.6 is 0 Å². The van der Waals surface area contributed by atoms with Gasteiger partial charge in [-0.25, -0.2) is 0 Å². The number of carbonyl (C=O) groups is 1. The molecule has 0 aliphatic heterocycles. The minimum Gasteiger partial charge on any atom is -0.381 e. The van der Waals surface area contributed by atoms with Crippen LogP contribution in [0.15, 0.2) is 24.3 Å². The summed E-state index contributed by atoms with van der Waals surface area (Å²) in [6.45, 7) is 0.286. The van der Waals surface area contributed by atoms with E-state index in [-0.39, 0.29) is 24.6 Å². The van der Waals surface area contributed by atoms with E-state index in [2.05, 4.69) is 17.2 Å². The van der Waals surface area contributed by atoms with E-state index >= 15 is 0 Å².